The number of aldehydes is 1. The van der Waals surface area contributed by atoms with Crippen LogP contribution >= 0.6 is 0 Å². The molecular formula is C12H13NO4. The van der Waals surface area contributed by atoms with Crippen LogP contribution in [0.2, 0.25) is 0 Å². The molecule has 0 aromatic heterocycles. The standard InChI is InChI=1S/C12H13NO4/c14-6-8-3-9(15)1-2-10(8)11-4-7(5-13-11)12(16)17/h1-3,6-7,11,13,15H,4-5H2,(H,16,17). The number of hydrogen-bond acceptors (Lipinski definition) is 4. The first kappa shape index (κ1) is 11.6. The van der Waals surface area contributed by atoms with E-state index in [0.717, 1.165) is 5.56 Å². The summed E-state index contributed by atoms with van der Waals surface area (Å²) in [6.07, 6.45) is 1.13. The van der Waals surface area contributed by atoms with Crippen molar-refractivity contribution in [3.05, 3.63) is 29.3 Å². The van der Waals surface area contributed by atoms with Crippen molar-refractivity contribution in [1.82, 2.24) is 5.32 Å². The number of rotatable bonds is 3. The van der Waals surface area contributed by atoms with E-state index in [9.17, 15) is 14.7 Å². The van der Waals surface area contributed by atoms with Crippen LogP contribution in [0.3, 0.4) is 0 Å². The lowest BCUT2D eigenvalue weighted by molar-refractivity contribution is -0.141. The number of nitrogens with one attached hydrogen (secondary N) is 1. The second-order valence-corrected chi connectivity index (χ2v) is 4.16. The maximum atomic E-state index is 10.9. The summed E-state index contributed by atoms with van der Waals surface area (Å²) in [5, 5.41) is 21.3. The van der Waals surface area contributed by atoms with Crippen molar-refractivity contribution in [3.63, 3.8) is 0 Å². The largest absolute Gasteiger partial charge is 0.508 e. The molecule has 0 bridgehead atoms. The Kier molecular flexibility index (Phi) is 3.10. The molecular weight excluding hydrogens is 222 g/mol. The van der Waals surface area contributed by atoms with Gasteiger partial charge < -0.3 is 15.5 Å². The lowest BCUT2D eigenvalue weighted by Gasteiger charge is -2.13. The minimum Gasteiger partial charge on any atom is -0.508 e. The van der Waals surface area contributed by atoms with Crippen molar-refractivity contribution in [2.45, 2.75) is 12.5 Å². The van der Waals surface area contributed by atoms with Crippen LogP contribution in [0, 0.1) is 5.92 Å². The average molecular weight is 235 g/mol. The normalized spacial score (nSPS) is 23.5. The minimum absolute atomic E-state index is 0.0311. The number of aromatic hydroxyl groups is 1. The third kappa shape index (κ3) is 2.29. The van der Waals surface area contributed by atoms with E-state index in [1.807, 2.05) is 0 Å². The third-order valence-corrected chi connectivity index (χ3v) is 3.05. The van der Waals surface area contributed by atoms with Crippen LogP contribution in [0.15, 0.2) is 18.2 Å². The topological polar surface area (TPSA) is 86.6 Å². The van der Waals surface area contributed by atoms with Crippen LogP contribution in [-0.2, 0) is 4.79 Å². The molecule has 5 nitrogen and oxygen atoms in total. The molecule has 90 valence electrons. The second kappa shape index (κ2) is 4.55. The highest BCUT2D eigenvalue weighted by atomic mass is 16.4. The summed E-state index contributed by atoms with van der Waals surface area (Å²) in [5.74, 6) is -1.22. The van der Waals surface area contributed by atoms with Gasteiger partial charge in [-0.3, -0.25) is 9.59 Å². The van der Waals surface area contributed by atoms with Gasteiger partial charge >= 0.3 is 5.97 Å². The number of aliphatic carboxylic acids is 1. The summed E-state index contributed by atoms with van der Waals surface area (Å²) in [5.41, 5.74) is 1.13. The number of benzene rings is 1. The van der Waals surface area contributed by atoms with Gasteiger partial charge in [-0.1, -0.05) is 6.07 Å². The van der Waals surface area contributed by atoms with Crippen molar-refractivity contribution < 1.29 is 19.8 Å². The Morgan fingerprint density at radius 1 is 1.47 bits per heavy atom. The molecule has 1 heterocycles. The zero-order chi connectivity index (χ0) is 12.4. The van der Waals surface area contributed by atoms with Crippen molar-refractivity contribution in [1.29, 1.82) is 0 Å². The zero-order valence-electron chi connectivity index (χ0n) is 9.09. The lowest BCUT2D eigenvalue weighted by atomic mass is 9.96. The van der Waals surface area contributed by atoms with Crippen molar-refractivity contribution in [3.8, 4) is 5.75 Å². The van der Waals surface area contributed by atoms with Gasteiger partial charge in [0.15, 0.2) is 6.29 Å². The summed E-state index contributed by atoms with van der Waals surface area (Å²) >= 11 is 0. The molecule has 1 aromatic carbocycles. The Hall–Kier alpha value is -1.88. The number of carbonyl (C=O) groups excluding carboxylic acids is 1. The third-order valence-electron chi connectivity index (χ3n) is 3.05. The van der Waals surface area contributed by atoms with Crippen LogP contribution in [0.4, 0.5) is 0 Å². The molecule has 1 aromatic rings. The predicted octanol–water partition coefficient (Wildman–Crippen LogP) is 0.940. The molecule has 1 saturated heterocycles. The molecule has 0 amide bonds. The van der Waals surface area contributed by atoms with Crippen molar-refractivity contribution >= 4 is 12.3 Å². The Bertz CT molecular complexity index is 458. The number of hydrogen-bond donors (Lipinski definition) is 3. The van der Waals surface area contributed by atoms with E-state index >= 15 is 0 Å². The molecule has 1 aliphatic heterocycles. The summed E-state index contributed by atoms with van der Waals surface area (Å²) in [6.45, 7) is 0.402. The van der Waals surface area contributed by atoms with Crippen molar-refractivity contribution in [2.24, 2.45) is 5.92 Å². The maximum Gasteiger partial charge on any atom is 0.307 e. The number of phenols is 1. The van der Waals surface area contributed by atoms with Gasteiger partial charge in [0, 0.05) is 18.2 Å². The van der Waals surface area contributed by atoms with E-state index in [1.165, 1.54) is 12.1 Å². The van der Waals surface area contributed by atoms with Gasteiger partial charge in [-0.25, -0.2) is 0 Å². The van der Waals surface area contributed by atoms with Gasteiger partial charge in [0.25, 0.3) is 0 Å². The van der Waals surface area contributed by atoms with E-state index in [-0.39, 0.29) is 11.8 Å². The minimum atomic E-state index is -0.827. The van der Waals surface area contributed by atoms with E-state index in [0.29, 0.717) is 24.8 Å². The zero-order valence-corrected chi connectivity index (χ0v) is 9.09. The molecule has 5 heteroatoms. The molecule has 2 unspecified atom stereocenters. The van der Waals surface area contributed by atoms with E-state index < -0.39 is 11.9 Å². The summed E-state index contributed by atoms with van der Waals surface area (Å²) in [7, 11) is 0. The van der Waals surface area contributed by atoms with E-state index in [2.05, 4.69) is 5.32 Å². The first-order valence-electron chi connectivity index (χ1n) is 5.36. The lowest BCUT2D eigenvalue weighted by Crippen LogP contribution is -2.17. The highest BCUT2D eigenvalue weighted by Crippen LogP contribution is 2.30. The first-order chi connectivity index (χ1) is 8.11. The van der Waals surface area contributed by atoms with E-state index in [4.69, 9.17) is 5.11 Å². The van der Waals surface area contributed by atoms with E-state index in [1.54, 1.807) is 6.07 Å². The van der Waals surface area contributed by atoms with Gasteiger partial charge in [-0.15, -0.1) is 0 Å². The van der Waals surface area contributed by atoms with Crippen LogP contribution in [0.1, 0.15) is 28.4 Å². The fraction of sp³-hybridized carbons (Fsp3) is 0.333. The number of carbonyl (C=O) groups is 2. The van der Waals surface area contributed by atoms with Gasteiger partial charge in [0.2, 0.25) is 0 Å². The molecule has 0 aliphatic carbocycles. The number of carboxylic acid groups (broad SMARTS) is 1. The van der Waals surface area contributed by atoms with Gasteiger partial charge in [-0.2, -0.15) is 0 Å². The quantitative estimate of drug-likeness (QED) is 0.679. The molecule has 0 radical (unpaired) electrons. The average Bonchev–Trinajstić information content (AvgIpc) is 2.78. The molecule has 1 aliphatic rings. The molecule has 2 atom stereocenters. The Labute approximate surface area is 98.1 Å². The number of carboxylic acids is 1. The van der Waals surface area contributed by atoms with Gasteiger partial charge in [-0.05, 0) is 24.1 Å². The molecule has 0 spiro atoms. The van der Waals surface area contributed by atoms with Gasteiger partial charge in [0.05, 0.1) is 5.92 Å². The highest BCUT2D eigenvalue weighted by Gasteiger charge is 2.31. The predicted molar refractivity (Wildman–Crippen MR) is 60.0 cm³/mol. The number of phenolic OH excluding ortho intramolecular Hbond substituents is 1. The SMILES string of the molecule is O=Cc1cc(O)ccc1C1CC(C(=O)O)CN1. The van der Waals surface area contributed by atoms with Gasteiger partial charge in [0.1, 0.15) is 5.75 Å². The molecule has 0 saturated carbocycles. The van der Waals surface area contributed by atoms with Crippen LogP contribution in [0.5, 0.6) is 5.75 Å². The maximum absolute atomic E-state index is 10.9. The summed E-state index contributed by atoms with van der Waals surface area (Å²) in [4.78, 5) is 21.7. The fourth-order valence-electron chi connectivity index (χ4n) is 2.14. The van der Waals surface area contributed by atoms with Crippen LogP contribution in [-0.4, -0.2) is 29.0 Å². The molecule has 17 heavy (non-hydrogen) atoms. The monoisotopic (exact) mass is 235 g/mol. The molecule has 1 fully saturated rings. The fourth-order valence-corrected chi connectivity index (χ4v) is 2.14. The first-order valence-corrected chi connectivity index (χ1v) is 5.36. The van der Waals surface area contributed by atoms with Crippen LogP contribution < -0.4 is 5.32 Å². The smallest absolute Gasteiger partial charge is 0.307 e. The molecule has 2 rings (SSSR count). The van der Waals surface area contributed by atoms with Crippen LogP contribution in [0.25, 0.3) is 0 Å². The van der Waals surface area contributed by atoms with Crippen molar-refractivity contribution in [2.75, 3.05) is 6.54 Å². The Morgan fingerprint density at radius 3 is 2.82 bits per heavy atom. The Balaban J connectivity index is 2.24. The second-order valence-electron chi connectivity index (χ2n) is 4.16. The Morgan fingerprint density at radius 2 is 2.24 bits per heavy atom. The molecule has 3 N–H and O–H groups in total. The summed E-state index contributed by atoms with van der Waals surface area (Å²) < 4.78 is 0. The highest BCUT2D eigenvalue weighted by molar-refractivity contribution is 5.78. The summed E-state index contributed by atoms with van der Waals surface area (Å²) in [6, 6.07) is 4.40.